The molecule has 0 saturated heterocycles. The molecule has 3 heteroatoms. The zero-order chi connectivity index (χ0) is 11.6. The van der Waals surface area contributed by atoms with Gasteiger partial charge in [-0.15, -0.1) is 0 Å². The molecular formula is C12H18N2O. The number of hydrogen-bond acceptors (Lipinski definition) is 2. The second-order valence-corrected chi connectivity index (χ2v) is 4.23. The minimum atomic E-state index is -0.0478. The van der Waals surface area contributed by atoms with E-state index in [0.717, 1.165) is 5.69 Å². The van der Waals surface area contributed by atoms with Crippen molar-refractivity contribution in [2.75, 3.05) is 14.1 Å². The van der Waals surface area contributed by atoms with Gasteiger partial charge in [0.1, 0.15) is 5.69 Å². The lowest BCUT2D eigenvalue weighted by molar-refractivity contribution is 0.0821. The third-order valence-electron chi connectivity index (χ3n) is 2.37. The van der Waals surface area contributed by atoms with E-state index < -0.39 is 0 Å². The highest BCUT2D eigenvalue weighted by atomic mass is 16.2. The molecule has 15 heavy (non-hydrogen) atoms. The maximum atomic E-state index is 11.6. The van der Waals surface area contributed by atoms with Crippen LogP contribution in [0.1, 0.15) is 41.5 Å². The summed E-state index contributed by atoms with van der Waals surface area (Å²) < 4.78 is 0. The Bertz CT molecular complexity index is 370. The van der Waals surface area contributed by atoms with Crippen LogP contribution in [0.4, 0.5) is 0 Å². The lowest BCUT2D eigenvalue weighted by atomic mass is 10.0. The van der Waals surface area contributed by atoms with Crippen molar-refractivity contribution in [1.29, 1.82) is 0 Å². The topological polar surface area (TPSA) is 33.2 Å². The zero-order valence-electron chi connectivity index (χ0n) is 10.0. The van der Waals surface area contributed by atoms with E-state index in [1.807, 2.05) is 13.0 Å². The molecule has 1 heterocycles. The Morgan fingerprint density at radius 1 is 1.33 bits per heavy atom. The van der Waals surface area contributed by atoms with Crippen molar-refractivity contribution in [3.63, 3.8) is 0 Å². The van der Waals surface area contributed by atoms with Crippen molar-refractivity contribution in [2.24, 2.45) is 0 Å². The first kappa shape index (κ1) is 11.7. The molecule has 0 N–H and O–H groups in total. The Morgan fingerprint density at radius 2 is 1.93 bits per heavy atom. The number of rotatable bonds is 2. The van der Waals surface area contributed by atoms with Gasteiger partial charge in [0.25, 0.3) is 5.91 Å². The van der Waals surface area contributed by atoms with Crippen LogP contribution >= 0.6 is 0 Å². The van der Waals surface area contributed by atoms with Gasteiger partial charge in [-0.2, -0.15) is 0 Å². The summed E-state index contributed by atoms with van der Waals surface area (Å²) in [6.45, 7) is 6.19. The third kappa shape index (κ3) is 2.55. The number of carbonyl (C=O) groups is 1. The van der Waals surface area contributed by atoms with Crippen molar-refractivity contribution in [3.05, 3.63) is 29.1 Å². The van der Waals surface area contributed by atoms with Gasteiger partial charge in [0.15, 0.2) is 0 Å². The molecule has 1 aromatic rings. The van der Waals surface area contributed by atoms with Crippen LogP contribution in [0, 0.1) is 6.92 Å². The van der Waals surface area contributed by atoms with Crippen LogP contribution in [-0.4, -0.2) is 29.9 Å². The summed E-state index contributed by atoms with van der Waals surface area (Å²) in [5.74, 6) is 0.398. The van der Waals surface area contributed by atoms with Crippen LogP contribution in [0.15, 0.2) is 12.1 Å². The van der Waals surface area contributed by atoms with Gasteiger partial charge >= 0.3 is 0 Å². The number of aryl methyl sites for hydroxylation is 1. The molecule has 0 aromatic carbocycles. The molecule has 82 valence electrons. The first-order valence-electron chi connectivity index (χ1n) is 5.12. The second-order valence-electron chi connectivity index (χ2n) is 4.23. The third-order valence-corrected chi connectivity index (χ3v) is 2.37. The SMILES string of the molecule is Cc1nc(C(=O)N(C)C)ccc1C(C)C. The minimum Gasteiger partial charge on any atom is -0.343 e. The van der Waals surface area contributed by atoms with Gasteiger partial charge in [-0.25, -0.2) is 4.98 Å². The van der Waals surface area contributed by atoms with Gasteiger partial charge in [0.2, 0.25) is 0 Å². The fourth-order valence-corrected chi connectivity index (χ4v) is 1.53. The zero-order valence-corrected chi connectivity index (χ0v) is 10.0. The Hall–Kier alpha value is -1.38. The molecule has 0 spiro atoms. The first-order chi connectivity index (χ1) is 6.93. The van der Waals surface area contributed by atoms with E-state index >= 15 is 0 Å². The number of hydrogen-bond donors (Lipinski definition) is 0. The smallest absolute Gasteiger partial charge is 0.271 e. The molecule has 1 amide bonds. The largest absolute Gasteiger partial charge is 0.343 e. The van der Waals surface area contributed by atoms with Crippen LogP contribution in [0.2, 0.25) is 0 Å². The summed E-state index contributed by atoms with van der Waals surface area (Å²) in [6.07, 6.45) is 0. The van der Waals surface area contributed by atoms with E-state index in [1.165, 1.54) is 10.5 Å². The summed E-state index contributed by atoms with van der Waals surface area (Å²) in [5, 5.41) is 0. The molecule has 0 aliphatic rings. The van der Waals surface area contributed by atoms with Crippen molar-refractivity contribution in [2.45, 2.75) is 26.7 Å². The highest BCUT2D eigenvalue weighted by Gasteiger charge is 2.12. The predicted molar refractivity (Wildman–Crippen MR) is 61.1 cm³/mol. The number of carbonyl (C=O) groups excluding carboxylic acids is 1. The highest BCUT2D eigenvalue weighted by molar-refractivity contribution is 5.92. The monoisotopic (exact) mass is 206 g/mol. The molecule has 0 aliphatic heterocycles. The normalized spacial score (nSPS) is 10.5. The van der Waals surface area contributed by atoms with Crippen LogP contribution < -0.4 is 0 Å². The fraction of sp³-hybridized carbons (Fsp3) is 0.500. The first-order valence-corrected chi connectivity index (χ1v) is 5.12. The Balaban J connectivity index is 3.07. The van der Waals surface area contributed by atoms with Gasteiger partial charge in [-0.3, -0.25) is 4.79 Å². The van der Waals surface area contributed by atoms with Crippen molar-refractivity contribution >= 4 is 5.91 Å². The molecule has 0 atom stereocenters. The Morgan fingerprint density at radius 3 is 2.33 bits per heavy atom. The molecule has 1 aromatic heterocycles. The van der Waals surface area contributed by atoms with E-state index in [2.05, 4.69) is 18.8 Å². The summed E-state index contributed by atoms with van der Waals surface area (Å²) in [7, 11) is 3.46. The van der Waals surface area contributed by atoms with Gasteiger partial charge in [0.05, 0.1) is 0 Å². The van der Waals surface area contributed by atoms with Crippen molar-refractivity contribution in [3.8, 4) is 0 Å². The quantitative estimate of drug-likeness (QED) is 0.743. The minimum absolute atomic E-state index is 0.0478. The number of amides is 1. The van der Waals surface area contributed by atoms with Gasteiger partial charge in [-0.05, 0) is 24.5 Å². The van der Waals surface area contributed by atoms with Crippen molar-refractivity contribution in [1.82, 2.24) is 9.88 Å². The molecule has 1 rings (SSSR count). The Labute approximate surface area is 91.1 Å². The molecule has 0 fully saturated rings. The summed E-state index contributed by atoms with van der Waals surface area (Å²) in [6, 6.07) is 3.79. The molecule has 0 bridgehead atoms. The lowest BCUT2D eigenvalue weighted by Gasteiger charge is -2.13. The van der Waals surface area contributed by atoms with Crippen LogP contribution in [0.25, 0.3) is 0 Å². The summed E-state index contributed by atoms with van der Waals surface area (Å²) in [4.78, 5) is 17.5. The average molecular weight is 206 g/mol. The van der Waals surface area contributed by atoms with Crippen LogP contribution in [-0.2, 0) is 0 Å². The Kier molecular flexibility index (Phi) is 3.45. The number of aromatic nitrogens is 1. The standard InChI is InChI=1S/C12H18N2O/c1-8(2)10-6-7-11(13-9(10)3)12(15)14(4)5/h6-8H,1-5H3. The van der Waals surface area contributed by atoms with Crippen LogP contribution in [0.5, 0.6) is 0 Å². The van der Waals surface area contributed by atoms with E-state index in [1.54, 1.807) is 20.2 Å². The van der Waals surface area contributed by atoms with Gasteiger partial charge in [-0.1, -0.05) is 19.9 Å². The van der Waals surface area contributed by atoms with Crippen molar-refractivity contribution < 1.29 is 4.79 Å². The molecule has 3 nitrogen and oxygen atoms in total. The molecular weight excluding hydrogens is 188 g/mol. The van der Waals surface area contributed by atoms with Gasteiger partial charge < -0.3 is 4.90 Å². The number of pyridine rings is 1. The van der Waals surface area contributed by atoms with E-state index in [9.17, 15) is 4.79 Å². The second kappa shape index (κ2) is 4.43. The van der Waals surface area contributed by atoms with E-state index in [0.29, 0.717) is 11.6 Å². The van der Waals surface area contributed by atoms with Gasteiger partial charge in [0, 0.05) is 19.8 Å². The fourth-order valence-electron chi connectivity index (χ4n) is 1.53. The predicted octanol–water partition coefficient (Wildman–Crippen LogP) is 2.22. The van der Waals surface area contributed by atoms with E-state index in [4.69, 9.17) is 0 Å². The molecule has 0 unspecified atom stereocenters. The molecule has 0 aliphatic carbocycles. The number of nitrogens with zero attached hydrogens (tertiary/aromatic N) is 2. The van der Waals surface area contributed by atoms with E-state index in [-0.39, 0.29) is 5.91 Å². The molecule has 0 saturated carbocycles. The summed E-state index contributed by atoms with van der Waals surface area (Å²) in [5.41, 5.74) is 2.66. The maximum Gasteiger partial charge on any atom is 0.271 e. The highest BCUT2D eigenvalue weighted by Crippen LogP contribution is 2.17. The molecule has 0 radical (unpaired) electrons. The average Bonchev–Trinajstić information content (AvgIpc) is 2.15. The maximum absolute atomic E-state index is 11.6. The lowest BCUT2D eigenvalue weighted by Crippen LogP contribution is -2.23. The van der Waals surface area contributed by atoms with Crippen LogP contribution in [0.3, 0.4) is 0 Å². The summed E-state index contributed by atoms with van der Waals surface area (Å²) >= 11 is 0.